The molecular weight excluding hydrogens is 465 g/mol. The van der Waals surface area contributed by atoms with E-state index < -0.39 is 0 Å². The molecule has 1 heterocycles. The van der Waals surface area contributed by atoms with Crippen molar-refractivity contribution in [3.63, 3.8) is 0 Å². The second-order valence-electron chi connectivity index (χ2n) is 8.66. The van der Waals surface area contributed by atoms with E-state index in [-0.39, 0.29) is 5.91 Å². The third kappa shape index (κ3) is 5.19. The van der Waals surface area contributed by atoms with Gasteiger partial charge in [0.15, 0.2) is 0 Å². The molecule has 4 nitrogen and oxygen atoms in total. The molecule has 174 valence electrons. The first-order chi connectivity index (χ1) is 16.2. The molecule has 0 spiro atoms. The molecule has 0 bridgehead atoms. The van der Waals surface area contributed by atoms with Crippen molar-refractivity contribution in [1.82, 2.24) is 15.1 Å². The lowest BCUT2D eigenvalue weighted by atomic mass is 10.0. The fraction of sp³-hybridized carbons (Fsp3) is 0.214. The van der Waals surface area contributed by atoms with Gasteiger partial charge < -0.3 is 5.32 Å². The van der Waals surface area contributed by atoms with Crippen LogP contribution in [0.2, 0.25) is 10.0 Å². The highest BCUT2D eigenvalue weighted by molar-refractivity contribution is 6.35. The zero-order chi connectivity index (χ0) is 24.4. The molecule has 0 fully saturated rings. The molecule has 4 aromatic rings. The van der Waals surface area contributed by atoms with Crippen molar-refractivity contribution in [2.75, 3.05) is 6.54 Å². The Morgan fingerprint density at radius 1 is 0.882 bits per heavy atom. The third-order valence-electron chi connectivity index (χ3n) is 6.03. The Kier molecular flexibility index (Phi) is 7.11. The van der Waals surface area contributed by atoms with Crippen LogP contribution in [0.4, 0.5) is 0 Å². The van der Waals surface area contributed by atoms with Gasteiger partial charge in [0.05, 0.1) is 11.4 Å². The van der Waals surface area contributed by atoms with E-state index in [2.05, 4.69) is 43.4 Å². The summed E-state index contributed by atoms with van der Waals surface area (Å²) in [7, 11) is 0. The van der Waals surface area contributed by atoms with E-state index in [9.17, 15) is 4.79 Å². The second-order valence-corrected chi connectivity index (χ2v) is 9.50. The monoisotopic (exact) mass is 491 g/mol. The zero-order valence-electron chi connectivity index (χ0n) is 19.7. The minimum absolute atomic E-state index is 0.187. The molecule has 0 atom stereocenters. The molecule has 0 radical (unpaired) electrons. The smallest absolute Gasteiger partial charge is 0.270 e. The van der Waals surface area contributed by atoms with Crippen LogP contribution in [0, 0.1) is 27.7 Å². The van der Waals surface area contributed by atoms with Crippen molar-refractivity contribution in [2.24, 2.45) is 0 Å². The maximum atomic E-state index is 13.3. The van der Waals surface area contributed by atoms with Gasteiger partial charge in [-0.05, 0) is 92.3 Å². The Bertz CT molecular complexity index is 1370. The predicted octanol–water partition coefficient (Wildman–Crippen LogP) is 7.05. The number of aryl methyl sites for hydroxylation is 4. The van der Waals surface area contributed by atoms with Gasteiger partial charge in [-0.15, -0.1) is 0 Å². The topological polar surface area (TPSA) is 46.9 Å². The van der Waals surface area contributed by atoms with Crippen molar-refractivity contribution >= 4 is 29.1 Å². The van der Waals surface area contributed by atoms with Gasteiger partial charge in [-0.1, -0.05) is 53.5 Å². The maximum Gasteiger partial charge on any atom is 0.270 e. The van der Waals surface area contributed by atoms with Gasteiger partial charge in [-0.3, -0.25) is 4.79 Å². The molecule has 1 amide bonds. The maximum absolute atomic E-state index is 13.3. The molecular formula is C28H27Cl2N3O. The molecule has 6 heteroatoms. The normalized spacial score (nSPS) is 11.0. The van der Waals surface area contributed by atoms with Gasteiger partial charge in [0.1, 0.15) is 5.69 Å². The first-order valence-corrected chi connectivity index (χ1v) is 12.0. The van der Waals surface area contributed by atoms with Gasteiger partial charge >= 0.3 is 0 Å². The van der Waals surface area contributed by atoms with E-state index in [0.717, 1.165) is 33.6 Å². The van der Waals surface area contributed by atoms with E-state index >= 15 is 0 Å². The number of carbonyl (C=O) groups is 1. The molecule has 1 aromatic heterocycles. The Morgan fingerprint density at radius 3 is 2.38 bits per heavy atom. The van der Waals surface area contributed by atoms with Crippen LogP contribution in [-0.2, 0) is 6.42 Å². The first-order valence-electron chi connectivity index (χ1n) is 11.2. The van der Waals surface area contributed by atoms with Gasteiger partial charge in [0.25, 0.3) is 5.91 Å². The molecule has 0 aliphatic heterocycles. The number of hydrogen-bond donors (Lipinski definition) is 1. The number of carbonyl (C=O) groups excluding carboxylic acids is 1. The van der Waals surface area contributed by atoms with Crippen LogP contribution in [0.15, 0.2) is 60.7 Å². The summed E-state index contributed by atoms with van der Waals surface area (Å²) < 4.78 is 1.75. The summed E-state index contributed by atoms with van der Waals surface area (Å²) in [6, 6.07) is 19.6. The van der Waals surface area contributed by atoms with Crippen LogP contribution in [0.1, 0.15) is 38.3 Å². The number of nitrogens with one attached hydrogen (secondary N) is 1. The number of amides is 1. The largest absolute Gasteiger partial charge is 0.350 e. The second kappa shape index (κ2) is 10.0. The Morgan fingerprint density at radius 2 is 1.65 bits per heavy atom. The minimum Gasteiger partial charge on any atom is -0.350 e. The molecule has 0 aliphatic carbocycles. The van der Waals surface area contributed by atoms with E-state index in [1.165, 1.54) is 11.1 Å². The third-order valence-corrected chi connectivity index (χ3v) is 6.62. The summed E-state index contributed by atoms with van der Waals surface area (Å²) in [4.78, 5) is 13.3. The lowest BCUT2D eigenvalue weighted by Crippen LogP contribution is -2.28. The average molecular weight is 492 g/mol. The summed E-state index contributed by atoms with van der Waals surface area (Å²) in [6.45, 7) is 8.66. The van der Waals surface area contributed by atoms with Crippen LogP contribution in [0.25, 0.3) is 16.9 Å². The summed E-state index contributed by atoms with van der Waals surface area (Å²) in [5, 5.41) is 9.07. The molecule has 1 N–H and O–H groups in total. The summed E-state index contributed by atoms with van der Waals surface area (Å²) in [5.41, 5.74) is 8.61. The van der Waals surface area contributed by atoms with Crippen molar-refractivity contribution in [1.29, 1.82) is 0 Å². The number of rotatable bonds is 6. The van der Waals surface area contributed by atoms with Crippen molar-refractivity contribution in [3.8, 4) is 16.9 Å². The van der Waals surface area contributed by atoms with E-state index in [4.69, 9.17) is 28.3 Å². The van der Waals surface area contributed by atoms with Crippen molar-refractivity contribution in [2.45, 2.75) is 34.1 Å². The lowest BCUT2D eigenvalue weighted by molar-refractivity contribution is 0.0946. The van der Waals surface area contributed by atoms with Crippen LogP contribution in [0.5, 0.6) is 0 Å². The average Bonchev–Trinajstić information content (AvgIpc) is 3.24. The van der Waals surface area contributed by atoms with Crippen LogP contribution < -0.4 is 5.32 Å². The molecule has 3 aromatic carbocycles. The predicted molar refractivity (Wildman–Crippen MR) is 140 cm³/mol. The number of benzene rings is 3. The Labute approximate surface area is 210 Å². The van der Waals surface area contributed by atoms with E-state index in [0.29, 0.717) is 28.7 Å². The van der Waals surface area contributed by atoms with Gasteiger partial charge in [0.2, 0.25) is 0 Å². The number of aromatic nitrogens is 2. The van der Waals surface area contributed by atoms with Crippen LogP contribution >= 0.6 is 23.2 Å². The fourth-order valence-corrected chi connectivity index (χ4v) is 4.34. The molecule has 4 rings (SSSR count). The zero-order valence-corrected chi connectivity index (χ0v) is 21.3. The quantitative estimate of drug-likeness (QED) is 0.314. The van der Waals surface area contributed by atoms with Crippen molar-refractivity contribution < 1.29 is 4.79 Å². The van der Waals surface area contributed by atoms with Gasteiger partial charge in [0, 0.05) is 22.2 Å². The standard InChI is InChI=1S/C28H27Cl2N3O/c1-17-5-6-19(3)26(13-17)33-27(16-25(32-33)22-8-7-18(2)20(4)14-22)28(34)31-12-11-21-9-10-23(29)15-24(21)30/h5-10,13-16H,11-12H2,1-4H3,(H,31,34). The molecule has 0 unspecified atom stereocenters. The summed E-state index contributed by atoms with van der Waals surface area (Å²) in [5.74, 6) is -0.187. The number of nitrogens with zero attached hydrogens (tertiary/aromatic N) is 2. The highest BCUT2D eigenvalue weighted by atomic mass is 35.5. The SMILES string of the molecule is Cc1ccc(C)c(-n2nc(-c3ccc(C)c(C)c3)cc2C(=O)NCCc2ccc(Cl)cc2Cl)c1. The first kappa shape index (κ1) is 24.1. The molecule has 0 aliphatic rings. The number of hydrogen-bond acceptors (Lipinski definition) is 2. The summed E-state index contributed by atoms with van der Waals surface area (Å²) >= 11 is 12.3. The molecule has 0 saturated carbocycles. The highest BCUT2D eigenvalue weighted by Crippen LogP contribution is 2.26. The Hall–Kier alpha value is -3.08. The van der Waals surface area contributed by atoms with Crippen molar-refractivity contribution in [3.05, 3.63) is 104 Å². The fourth-order valence-electron chi connectivity index (χ4n) is 3.84. The van der Waals surface area contributed by atoms with Gasteiger partial charge in [-0.25, -0.2) is 4.68 Å². The highest BCUT2D eigenvalue weighted by Gasteiger charge is 2.19. The lowest BCUT2D eigenvalue weighted by Gasteiger charge is -2.12. The molecule has 0 saturated heterocycles. The minimum atomic E-state index is -0.187. The Balaban J connectivity index is 1.66. The van der Waals surface area contributed by atoms with E-state index in [1.54, 1.807) is 16.8 Å². The molecule has 34 heavy (non-hydrogen) atoms. The van der Waals surface area contributed by atoms with Crippen LogP contribution in [0.3, 0.4) is 0 Å². The van der Waals surface area contributed by atoms with Crippen LogP contribution in [-0.4, -0.2) is 22.2 Å². The van der Waals surface area contributed by atoms with Gasteiger partial charge in [-0.2, -0.15) is 5.10 Å². The summed E-state index contributed by atoms with van der Waals surface area (Å²) in [6.07, 6.45) is 0.601. The number of halogens is 2. The van der Waals surface area contributed by atoms with E-state index in [1.807, 2.05) is 38.1 Å².